The molecule has 2 heterocycles. The third-order valence-electron chi connectivity index (χ3n) is 4.34. The van der Waals surface area contributed by atoms with Gasteiger partial charge in [0.25, 0.3) is 0 Å². The van der Waals surface area contributed by atoms with Crippen molar-refractivity contribution in [1.82, 2.24) is 9.47 Å². The Hall–Kier alpha value is -1.62. The van der Waals surface area contributed by atoms with Gasteiger partial charge in [-0.1, -0.05) is 30.3 Å². The van der Waals surface area contributed by atoms with Gasteiger partial charge >= 0.3 is 0 Å². The largest absolute Gasteiger partial charge is 0.389 e. The molecule has 2 aromatic rings. The number of fused-ring (bicyclic) bond motifs is 1. The van der Waals surface area contributed by atoms with E-state index in [1.54, 1.807) is 0 Å². The smallest absolute Gasteiger partial charge is 0.0900 e. The van der Waals surface area contributed by atoms with Gasteiger partial charge in [-0.3, -0.25) is 4.90 Å². The highest BCUT2D eigenvalue weighted by molar-refractivity contribution is 5.14. The summed E-state index contributed by atoms with van der Waals surface area (Å²) in [5.74, 6) is 0. The molecule has 1 aromatic carbocycles. The first-order chi connectivity index (χ1) is 10.7. The summed E-state index contributed by atoms with van der Waals surface area (Å²) in [6.45, 7) is 5.74. The van der Waals surface area contributed by atoms with Gasteiger partial charge in [0.15, 0.2) is 0 Å². The van der Waals surface area contributed by atoms with Crippen LogP contribution in [0.4, 0.5) is 0 Å². The van der Waals surface area contributed by atoms with Gasteiger partial charge in [-0.2, -0.15) is 0 Å². The maximum atomic E-state index is 10.2. The molecule has 2 atom stereocenters. The van der Waals surface area contributed by atoms with Crippen LogP contribution in [0.25, 0.3) is 0 Å². The van der Waals surface area contributed by atoms with E-state index in [0.29, 0.717) is 25.8 Å². The number of hydrogen-bond acceptors (Lipinski definition) is 3. The van der Waals surface area contributed by atoms with Gasteiger partial charge in [0.1, 0.15) is 0 Å². The third kappa shape index (κ3) is 3.58. The average Bonchev–Trinajstić information content (AvgIpc) is 3.01. The van der Waals surface area contributed by atoms with Crippen molar-refractivity contribution in [2.75, 3.05) is 19.7 Å². The van der Waals surface area contributed by atoms with Crippen LogP contribution in [0.5, 0.6) is 0 Å². The molecule has 0 unspecified atom stereocenters. The third-order valence-corrected chi connectivity index (χ3v) is 4.34. The van der Waals surface area contributed by atoms with Crippen LogP contribution in [0.2, 0.25) is 0 Å². The first-order valence-electron chi connectivity index (χ1n) is 7.93. The molecule has 1 aliphatic heterocycles. The second-order valence-electron chi connectivity index (χ2n) is 5.95. The number of β-amino-alcohol motifs (C(OH)–C–C–N with tert-alkyl or cyclic N) is 1. The minimum absolute atomic E-state index is 0.340. The van der Waals surface area contributed by atoms with Crippen LogP contribution in [-0.4, -0.2) is 40.4 Å². The lowest BCUT2D eigenvalue weighted by molar-refractivity contribution is -0.000819. The minimum atomic E-state index is -0.451. The van der Waals surface area contributed by atoms with E-state index in [2.05, 4.69) is 34.7 Å². The fraction of sp³-hybridized carbons (Fsp3) is 0.444. The number of rotatable bonds is 6. The zero-order valence-corrected chi connectivity index (χ0v) is 13.1. The summed E-state index contributed by atoms with van der Waals surface area (Å²) in [4.78, 5) is 2.33. The average molecular weight is 300 g/mol. The molecule has 0 spiro atoms. The molecular formula is C18H24N2O2. The summed E-state index contributed by atoms with van der Waals surface area (Å²) in [5.41, 5.74) is 2.46. The van der Waals surface area contributed by atoms with E-state index < -0.39 is 6.10 Å². The van der Waals surface area contributed by atoms with Crippen LogP contribution < -0.4 is 0 Å². The number of aliphatic hydroxyl groups excluding tert-OH is 1. The second-order valence-corrected chi connectivity index (χ2v) is 5.95. The Balaban J connectivity index is 1.45. The Morgan fingerprint density at radius 2 is 2.00 bits per heavy atom. The van der Waals surface area contributed by atoms with Gasteiger partial charge in [0.05, 0.1) is 19.3 Å². The second kappa shape index (κ2) is 7.09. The number of nitrogens with zero attached hydrogens (tertiary/aromatic N) is 2. The van der Waals surface area contributed by atoms with Crippen molar-refractivity contribution >= 4 is 0 Å². The van der Waals surface area contributed by atoms with E-state index in [4.69, 9.17) is 4.74 Å². The Labute approximate surface area is 131 Å². The van der Waals surface area contributed by atoms with Gasteiger partial charge in [-0.15, -0.1) is 0 Å². The van der Waals surface area contributed by atoms with E-state index in [1.807, 2.05) is 30.3 Å². The molecule has 0 saturated heterocycles. The van der Waals surface area contributed by atoms with Gasteiger partial charge in [0, 0.05) is 37.6 Å². The Morgan fingerprint density at radius 3 is 2.82 bits per heavy atom. The molecule has 0 bridgehead atoms. The molecule has 4 heteroatoms. The van der Waals surface area contributed by atoms with Gasteiger partial charge in [-0.25, -0.2) is 0 Å². The summed E-state index contributed by atoms with van der Waals surface area (Å²) in [6, 6.07) is 14.7. The van der Waals surface area contributed by atoms with E-state index >= 15 is 0 Å². The number of hydrogen-bond donors (Lipinski definition) is 1. The van der Waals surface area contributed by atoms with E-state index in [-0.39, 0.29) is 0 Å². The highest BCUT2D eigenvalue weighted by Gasteiger charge is 2.24. The highest BCUT2D eigenvalue weighted by Crippen LogP contribution is 2.25. The number of aromatic nitrogens is 1. The molecule has 1 aromatic heterocycles. The number of ether oxygens (including phenoxy) is 1. The summed E-state index contributed by atoms with van der Waals surface area (Å²) in [5, 5.41) is 10.2. The number of aliphatic hydroxyl groups is 1. The molecule has 3 rings (SSSR count). The van der Waals surface area contributed by atoms with Crippen molar-refractivity contribution in [3.8, 4) is 0 Å². The first-order valence-corrected chi connectivity index (χ1v) is 7.93. The van der Waals surface area contributed by atoms with Crippen molar-refractivity contribution in [3.63, 3.8) is 0 Å². The summed E-state index contributed by atoms with van der Waals surface area (Å²) < 4.78 is 7.92. The lowest BCUT2D eigenvalue weighted by atomic mass is 10.1. The SMILES string of the molecule is C[C@@H]1c2cccn2CCN1C[C@@H](O)COCc1ccccc1. The fourth-order valence-electron chi connectivity index (χ4n) is 3.09. The fourth-order valence-corrected chi connectivity index (χ4v) is 3.09. The normalized spacial score (nSPS) is 19.8. The van der Waals surface area contributed by atoms with Crippen LogP contribution in [0.15, 0.2) is 48.7 Å². The van der Waals surface area contributed by atoms with Crippen molar-refractivity contribution < 1.29 is 9.84 Å². The van der Waals surface area contributed by atoms with Crippen molar-refractivity contribution in [2.45, 2.75) is 32.2 Å². The van der Waals surface area contributed by atoms with Crippen LogP contribution >= 0.6 is 0 Å². The van der Waals surface area contributed by atoms with Crippen LogP contribution in [0, 0.1) is 0 Å². The molecule has 4 nitrogen and oxygen atoms in total. The van der Waals surface area contributed by atoms with E-state index in [9.17, 15) is 5.11 Å². The standard InChI is InChI=1S/C18H24N2O2/c1-15-18-8-5-9-19(18)10-11-20(15)12-17(21)14-22-13-16-6-3-2-4-7-16/h2-9,15,17,21H,10-14H2,1H3/t15-,17-/m1/s1. The van der Waals surface area contributed by atoms with Crippen LogP contribution in [-0.2, 0) is 17.9 Å². The zero-order chi connectivity index (χ0) is 15.4. The minimum Gasteiger partial charge on any atom is -0.389 e. The first kappa shape index (κ1) is 15.3. The lowest BCUT2D eigenvalue weighted by Gasteiger charge is -2.36. The van der Waals surface area contributed by atoms with E-state index in [0.717, 1.165) is 18.7 Å². The Kier molecular flexibility index (Phi) is 4.93. The molecule has 1 N–H and O–H groups in total. The highest BCUT2D eigenvalue weighted by atomic mass is 16.5. The molecule has 0 fully saturated rings. The Bertz CT molecular complexity index is 582. The van der Waals surface area contributed by atoms with Gasteiger partial charge in [0.2, 0.25) is 0 Å². The topological polar surface area (TPSA) is 37.6 Å². The van der Waals surface area contributed by atoms with Crippen LogP contribution in [0.1, 0.15) is 24.2 Å². The molecule has 1 aliphatic rings. The maximum absolute atomic E-state index is 10.2. The van der Waals surface area contributed by atoms with Crippen LogP contribution in [0.3, 0.4) is 0 Å². The molecule has 118 valence electrons. The lowest BCUT2D eigenvalue weighted by Crippen LogP contribution is -2.42. The predicted octanol–water partition coefficient (Wildman–Crippen LogP) is 2.44. The summed E-state index contributed by atoms with van der Waals surface area (Å²) >= 11 is 0. The quantitative estimate of drug-likeness (QED) is 0.890. The van der Waals surface area contributed by atoms with Crippen molar-refractivity contribution in [1.29, 1.82) is 0 Å². The van der Waals surface area contributed by atoms with Crippen molar-refractivity contribution in [3.05, 3.63) is 59.9 Å². The molecule has 0 radical (unpaired) electrons. The maximum Gasteiger partial charge on any atom is 0.0900 e. The molecule has 0 amide bonds. The monoisotopic (exact) mass is 300 g/mol. The van der Waals surface area contributed by atoms with Gasteiger partial charge < -0.3 is 14.4 Å². The van der Waals surface area contributed by atoms with E-state index in [1.165, 1.54) is 5.69 Å². The molecule has 22 heavy (non-hydrogen) atoms. The van der Waals surface area contributed by atoms with Crippen molar-refractivity contribution in [2.24, 2.45) is 0 Å². The summed E-state index contributed by atoms with van der Waals surface area (Å²) in [6.07, 6.45) is 1.68. The number of benzene rings is 1. The molecule has 0 aliphatic carbocycles. The molecular weight excluding hydrogens is 276 g/mol. The Morgan fingerprint density at radius 1 is 1.18 bits per heavy atom. The molecule has 0 saturated carbocycles. The van der Waals surface area contributed by atoms with Gasteiger partial charge in [-0.05, 0) is 24.6 Å². The summed E-state index contributed by atoms with van der Waals surface area (Å²) in [7, 11) is 0. The predicted molar refractivity (Wildman–Crippen MR) is 86.5 cm³/mol. The zero-order valence-electron chi connectivity index (χ0n) is 13.1.